The second kappa shape index (κ2) is 5.69. The van der Waals surface area contributed by atoms with E-state index in [1.54, 1.807) is 0 Å². The molecular formula is C13H22ClN3. The van der Waals surface area contributed by atoms with Gasteiger partial charge in [0.2, 0.25) is 0 Å². The molecule has 17 heavy (non-hydrogen) atoms. The minimum absolute atomic E-state index is 0.226. The van der Waals surface area contributed by atoms with Crippen LogP contribution in [0.1, 0.15) is 26.3 Å². The number of aromatic nitrogens is 1. The smallest absolute Gasteiger partial charge is 0.147 e. The van der Waals surface area contributed by atoms with E-state index in [4.69, 9.17) is 11.6 Å². The molecule has 0 atom stereocenters. The molecule has 0 aromatic carbocycles. The Labute approximate surface area is 109 Å². The van der Waals surface area contributed by atoms with Crippen LogP contribution in [0.5, 0.6) is 0 Å². The van der Waals surface area contributed by atoms with Crippen LogP contribution in [-0.4, -0.2) is 25.6 Å². The fraction of sp³-hybridized carbons (Fsp3) is 0.615. The fourth-order valence-electron chi connectivity index (χ4n) is 1.84. The van der Waals surface area contributed by atoms with Crippen LogP contribution in [0, 0.1) is 5.41 Å². The van der Waals surface area contributed by atoms with Crippen molar-refractivity contribution in [3.63, 3.8) is 0 Å². The SMILES string of the molecule is CNCc1cnc(N(C)CC(C)(C)C)c(Cl)c1. The maximum Gasteiger partial charge on any atom is 0.147 e. The summed E-state index contributed by atoms with van der Waals surface area (Å²) in [6.45, 7) is 8.31. The topological polar surface area (TPSA) is 28.2 Å². The number of halogens is 1. The third kappa shape index (κ3) is 4.52. The summed E-state index contributed by atoms with van der Waals surface area (Å²) in [5, 5.41) is 3.80. The van der Waals surface area contributed by atoms with E-state index in [1.807, 2.05) is 26.4 Å². The van der Waals surface area contributed by atoms with Crippen molar-refractivity contribution in [1.82, 2.24) is 10.3 Å². The Morgan fingerprint density at radius 2 is 2.06 bits per heavy atom. The van der Waals surface area contributed by atoms with Crippen LogP contribution in [0.15, 0.2) is 12.3 Å². The third-order valence-corrected chi connectivity index (χ3v) is 2.61. The number of nitrogens with zero attached hydrogens (tertiary/aromatic N) is 2. The standard InChI is InChI=1S/C13H22ClN3/c1-13(2,3)9-17(5)12-11(14)6-10(7-15-4)8-16-12/h6,8,15H,7,9H2,1-5H3. The summed E-state index contributed by atoms with van der Waals surface area (Å²) in [5.41, 5.74) is 1.33. The summed E-state index contributed by atoms with van der Waals surface area (Å²) in [6.07, 6.45) is 1.87. The van der Waals surface area contributed by atoms with Gasteiger partial charge in [0.15, 0.2) is 0 Å². The number of rotatable bonds is 4. The van der Waals surface area contributed by atoms with Crippen molar-refractivity contribution >= 4 is 17.4 Å². The number of anilines is 1. The molecule has 1 heterocycles. The number of hydrogen-bond donors (Lipinski definition) is 1. The summed E-state index contributed by atoms with van der Waals surface area (Å²) < 4.78 is 0. The lowest BCUT2D eigenvalue weighted by atomic mass is 9.96. The number of nitrogens with one attached hydrogen (secondary N) is 1. The first kappa shape index (κ1) is 14.3. The van der Waals surface area contributed by atoms with Gasteiger partial charge in [0.25, 0.3) is 0 Å². The lowest BCUT2D eigenvalue weighted by Gasteiger charge is -2.28. The van der Waals surface area contributed by atoms with Gasteiger partial charge in [-0.15, -0.1) is 0 Å². The zero-order chi connectivity index (χ0) is 13.1. The van der Waals surface area contributed by atoms with Crippen LogP contribution >= 0.6 is 11.6 Å². The van der Waals surface area contributed by atoms with Crippen LogP contribution in [-0.2, 0) is 6.54 Å². The van der Waals surface area contributed by atoms with Gasteiger partial charge >= 0.3 is 0 Å². The second-order valence-corrected chi connectivity index (χ2v) is 6.00. The third-order valence-electron chi connectivity index (χ3n) is 2.33. The van der Waals surface area contributed by atoms with Crippen molar-refractivity contribution in [3.8, 4) is 0 Å². The highest BCUT2D eigenvalue weighted by molar-refractivity contribution is 6.33. The van der Waals surface area contributed by atoms with Gasteiger partial charge in [-0.3, -0.25) is 0 Å². The first-order valence-corrected chi connectivity index (χ1v) is 6.21. The van der Waals surface area contributed by atoms with E-state index < -0.39 is 0 Å². The Kier molecular flexibility index (Phi) is 4.78. The van der Waals surface area contributed by atoms with Gasteiger partial charge in [0, 0.05) is 26.3 Å². The zero-order valence-electron chi connectivity index (χ0n) is 11.3. The van der Waals surface area contributed by atoms with Crippen LogP contribution in [0.4, 0.5) is 5.82 Å². The Morgan fingerprint density at radius 3 is 2.53 bits per heavy atom. The molecule has 1 aromatic heterocycles. The van der Waals surface area contributed by atoms with Crippen molar-refractivity contribution in [2.24, 2.45) is 5.41 Å². The second-order valence-electron chi connectivity index (χ2n) is 5.60. The zero-order valence-corrected chi connectivity index (χ0v) is 12.1. The average Bonchev–Trinajstić information content (AvgIpc) is 2.15. The molecule has 4 heteroatoms. The molecule has 0 saturated carbocycles. The molecule has 1 N–H and O–H groups in total. The maximum atomic E-state index is 6.26. The van der Waals surface area contributed by atoms with E-state index in [2.05, 4.69) is 36.0 Å². The fourth-order valence-corrected chi connectivity index (χ4v) is 2.17. The van der Waals surface area contributed by atoms with Gasteiger partial charge in [-0.05, 0) is 24.1 Å². The summed E-state index contributed by atoms with van der Waals surface area (Å²) in [6, 6.07) is 1.97. The maximum absolute atomic E-state index is 6.26. The molecule has 0 fully saturated rings. The van der Waals surface area contributed by atoms with Gasteiger partial charge < -0.3 is 10.2 Å². The molecule has 0 aliphatic rings. The largest absolute Gasteiger partial charge is 0.358 e. The molecule has 96 valence electrons. The molecule has 1 aromatic rings. The Hall–Kier alpha value is -0.800. The normalized spacial score (nSPS) is 11.6. The highest BCUT2D eigenvalue weighted by atomic mass is 35.5. The molecule has 0 radical (unpaired) electrons. The van der Waals surface area contributed by atoms with Crippen LogP contribution in [0.3, 0.4) is 0 Å². The molecule has 0 spiro atoms. The minimum Gasteiger partial charge on any atom is -0.358 e. The summed E-state index contributed by atoms with van der Waals surface area (Å²) in [4.78, 5) is 6.54. The lowest BCUT2D eigenvalue weighted by Crippen LogP contribution is -2.30. The van der Waals surface area contributed by atoms with Crippen LogP contribution in [0.25, 0.3) is 0 Å². The van der Waals surface area contributed by atoms with E-state index in [9.17, 15) is 0 Å². The van der Waals surface area contributed by atoms with Crippen LogP contribution in [0.2, 0.25) is 5.02 Å². The molecule has 0 aliphatic heterocycles. The Bertz CT molecular complexity index is 371. The molecule has 1 rings (SSSR count). The predicted molar refractivity (Wildman–Crippen MR) is 74.7 cm³/mol. The van der Waals surface area contributed by atoms with Gasteiger partial charge in [-0.25, -0.2) is 4.98 Å². The van der Waals surface area contributed by atoms with E-state index in [0.717, 1.165) is 24.5 Å². The van der Waals surface area contributed by atoms with E-state index in [0.29, 0.717) is 5.02 Å². The van der Waals surface area contributed by atoms with E-state index in [-0.39, 0.29) is 5.41 Å². The van der Waals surface area contributed by atoms with Crippen molar-refractivity contribution in [1.29, 1.82) is 0 Å². The summed E-state index contributed by atoms with van der Waals surface area (Å²) in [5.74, 6) is 0.849. The van der Waals surface area contributed by atoms with E-state index >= 15 is 0 Å². The van der Waals surface area contributed by atoms with E-state index in [1.165, 1.54) is 0 Å². The summed E-state index contributed by atoms with van der Waals surface area (Å²) in [7, 11) is 3.94. The average molecular weight is 256 g/mol. The Balaban J connectivity index is 2.84. The van der Waals surface area contributed by atoms with Crippen molar-refractivity contribution in [2.75, 3.05) is 25.5 Å². The quantitative estimate of drug-likeness (QED) is 0.897. The van der Waals surface area contributed by atoms with Crippen molar-refractivity contribution in [3.05, 3.63) is 22.8 Å². The minimum atomic E-state index is 0.226. The van der Waals surface area contributed by atoms with Gasteiger partial charge in [0.05, 0.1) is 5.02 Å². The molecule has 0 saturated heterocycles. The first-order chi connectivity index (χ1) is 7.83. The highest BCUT2D eigenvalue weighted by Crippen LogP contribution is 2.26. The van der Waals surface area contributed by atoms with Gasteiger partial charge in [-0.1, -0.05) is 32.4 Å². The summed E-state index contributed by atoms with van der Waals surface area (Å²) >= 11 is 6.26. The number of hydrogen-bond acceptors (Lipinski definition) is 3. The predicted octanol–water partition coefficient (Wildman–Crippen LogP) is 2.94. The molecule has 3 nitrogen and oxygen atoms in total. The van der Waals surface area contributed by atoms with Crippen LogP contribution < -0.4 is 10.2 Å². The molecule has 0 amide bonds. The molecule has 0 unspecified atom stereocenters. The van der Waals surface area contributed by atoms with Crippen molar-refractivity contribution < 1.29 is 0 Å². The van der Waals surface area contributed by atoms with Crippen molar-refractivity contribution in [2.45, 2.75) is 27.3 Å². The molecular weight excluding hydrogens is 234 g/mol. The molecule has 0 bridgehead atoms. The van der Waals surface area contributed by atoms with Gasteiger partial charge in [-0.2, -0.15) is 0 Å². The first-order valence-electron chi connectivity index (χ1n) is 5.83. The number of pyridine rings is 1. The molecule has 0 aliphatic carbocycles. The highest BCUT2D eigenvalue weighted by Gasteiger charge is 2.16. The Morgan fingerprint density at radius 1 is 1.41 bits per heavy atom. The van der Waals surface area contributed by atoms with Gasteiger partial charge in [0.1, 0.15) is 5.82 Å². The lowest BCUT2D eigenvalue weighted by molar-refractivity contribution is 0.418. The monoisotopic (exact) mass is 255 g/mol.